The van der Waals surface area contributed by atoms with Crippen molar-refractivity contribution in [3.05, 3.63) is 58.9 Å². The lowest BCUT2D eigenvalue weighted by Gasteiger charge is -2.18. The van der Waals surface area contributed by atoms with Crippen molar-refractivity contribution in [1.29, 1.82) is 0 Å². The molecule has 0 aliphatic carbocycles. The van der Waals surface area contributed by atoms with Crippen LogP contribution in [0.15, 0.2) is 58.5 Å². The molecule has 7 heteroatoms. The molecule has 1 heterocycles. The maximum atomic E-state index is 12.9. The van der Waals surface area contributed by atoms with E-state index < -0.39 is 5.25 Å². The van der Waals surface area contributed by atoms with Gasteiger partial charge in [0.25, 0.3) is 5.56 Å². The van der Waals surface area contributed by atoms with Crippen molar-refractivity contribution in [3.8, 4) is 5.75 Å². The molecule has 0 aliphatic heterocycles. The number of para-hydroxylation sites is 1. The lowest BCUT2D eigenvalue weighted by Crippen LogP contribution is -2.28. The molecule has 0 unspecified atom stereocenters. The van der Waals surface area contributed by atoms with Crippen LogP contribution < -0.4 is 15.6 Å². The largest absolute Gasteiger partial charge is 0.497 e. The van der Waals surface area contributed by atoms with Crippen LogP contribution in [0, 0.1) is 0 Å². The summed E-state index contributed by atoms with van der Waals surface area (Å²) in [5, 5.41) is 3.55. The van der Waals surface area contributed by atoms with Gasteiger partial charge in [-0.25, -0.2) is 4.98 Å². The second kappa shape index (κ2) is 8.48. The summed E-state index contributed by atoms with van der Waals surface area (Å²) in [6.45, 7) is 5.66. The lowest BCUT2D eigenvalue weighted by atomic mass is 10.2. The first-order valence-electron chi connectivity index (χ1n) is 9.03. The minimum Gasteiger partial charge on any atom is -0.497 e. The van der Waals surface area contributed by atoms with E-state index in [9.17, 15) is 9.59 Å². The maximum Gasteiger partial charge on any atom is 0.262 e. The number of nitrogens with zero attached hydrogens (tertiary/aromatic N) is 2. The zero-order valence-electron chi connectivity index (χ0n) is 16.3. The number of carbonyl (C=O) groups excluding carboxylic acids is 1. The summed E-state index contributed by atoms with van der Waals surface area (Å²) in [5.41, 5.74) is 1.19. The topological polar surface area (TPSA) is 73.2 Å². The molecular weight excluding hydrogens is 374 g/mol. The fourth-order valence-corrected chi connectivity index (χ4v) is 3.86. The number of rotatable bonds is 6. The third kappa shape index (κ3) is 4.20. The van der Waals surface area contributed by atoms with Crippen LogP contribution in [0.3, 0.4) is 0 Å². The standard InChI is InChI=1S/C21H23N3O3S/c1-13(2)24-20(26)17-10-5-6-11-18(17)23-21(24)28-14(3)19(25)22-15-8-7-9-16(12-15)27-4/h5-14H,1-4H3,(H,22,25)/t14-/m0/s1. The van der Waals surface area contributed by atoms with E-state index in [1.54, 1.807) is 36.8 Å². The zero-order chi connectivity index (χ0) is 20.3. The summed E-state index contributed by atoms with van der Waals surface area (Å²) in [4.78, 5) is 30.2. The van der Waals surface area contributed by atoms with Gasteiger partial charge >= 0.3 is 0 Å². The van der Waals surface area contributed by atoms with E-state index in [-0.39, 0.29) is 17.5 Å². The van der Waals surface area contributed by atoms with Crippen LogP contribution in [0.4, 0.5) is 5.69 Å². The highest BCUT2D eigenvalue weighted by molar-refractivity contribution is 8.00. The molecule has 0 bridgehead atoms. The number of thioether (sulfide) groups is 1. The van der Waals surface area contributed by atoms with Crippen molar-refractivity contribution in [2.45, 2.75) is 37.2 Å². The molecule has 1 atom stereocenters. The Hall–Kier alpha value is -2.80. The van der Waals surface area contributed by atoms with Crippen LogP contribution in [0.5, 0.6) is 5.75 Å². The zero-order valence-corrected chi connectivity index (χ0v) is 17.1. The fraction of sp³-hybridized carbons (Fsp3) is 0.286. The number of benzene rings is 2. The van der Waals surface area contributed by atoms with Crippen LogP contribution in [0.25, 0.3) is 10.9 Å². The highest BCUT2D eigenvalue weighted by Gasteiger charge is 2.20. The van der Waals surface area contributed by atoms with Gasteiger partial charge in [-0.2, -0.15) is 0 Å². The summed E-state index contributed by atoms with van der Waals surface area (Å²) in [6, 6.07) is 14.4. The molecule has 2 aromatic carbocycles. The Bertz CT molecular complexity index is 1060. The van der Waals surface area contributed by atoms with Gasteiger partial charge in [-0.1, -0.05) is 30.0 Å². The predicted octanol–water partition coefficient (Wildman–Crippen LogP) is 4.11. The molecule has 146 valence electrons. The first-order chi connectivity index (χ1) is 13.4. The number of carbonyl (C=O) groups is 1. The van der Waals surface area contributed by atoms with E-state index in [2.05, 4.69) is 10.3 Å². The van der Waals surface area contributed by atoms with Crippen molar-refractivity contribution in [2.75, 3.05) is 12.4 Å². The molecule has 1 aromatic heterocycles. The van der Waals surface area contributed by atoms with E-state index in [1.807, 2.05) is 44.2 Å². The quantitative estimate of drug-likeness (QED) is 0.501. The van der Waals surface area contributed by atoms with Crippen LogP contribution in [0.2, 0.25) is 0 Å². The van der Waals surface area contributed by atoms with Crippen LogP contribution >= 0.6 is 11.8 Å². The van der Waals surface area contributed by atoms with Gasteiger partial charge in [0.2, 0.25) is 5.91 Å². The second-order valence-corrected chi connectivity index (χ2v) is 7.97. The minimum absolute atomic E-state index is 0.0687. The number of nitrogens with one attached hydrogen (secondary N) is 1. The summed E-state index contributed by atoms with van der Waals surface area (Å²) in [5.74, 6) is 0.499. The van der Waals surface area contributed by atoms with Crippen molar-refractivity contribution < 1.29 is 9.53 Å². The summed E-state index contributed by atoms with van der Waals surface area (Å²) in [6.07, 6.45) is 0. The molecule has 28 heavy (non-hydrogen) atoms. The van der Waals surface area contributed by atoms with Crippen molar-refractivity contribution in [1.82, 2.24) is 9.55 Å². The van der Waals surface area contributed by atoms with E-state index in [4.69, 9.17) is 4.74 Å². The molecule has 0 spiro atoms. The summed E-state index contributed by atoms with van der Waals surface area (Å²) >= 11 is 1.27. The Balaban J connectivity index is 1.87. The summed E-state index contributed by atoms with van der Waals surface area (Å²) in [7, 11) is 1.58. The number of ether oxygens (including phenoxy) is 1. The molecular formula is C21H23N3O3S. The minimum atomic E-state index is -0.440. The van der Waals surface area contributed by atoms with E-state index in [0.717, 1.165) is 0 Å². The van der Waals surface area contributed by atoms with Gasteiger partial charge in [-0.05, 0) is 45.0 Å². The van der Waals surface area contributed by atoms with Crippen LogP contribution in [0.1, 0.15) is 26.8 Å². The van der Waals surface area contributed by atoms with Gasteiger partial charge in [0.05, 0.1) is 23.3 Å². The van der Waals surface area contributed by atoms with Gasteiger partial charge < -0.3 is 10.1 Å². The van der Waals surface area contributed by atoms with E-state index in [0.29, 0.717) is 27.5 Å². The Labute approximate surface area is 167 Å². The Morgan fingerprint density at radius 1 is 1.14 bits per heavy atom. The van der Waals surface area contributed by atoms with E-state index >= 15 is 0 Å². The SMILES string of the molecule is COc1cccc(NC(=O)[C@H](C)Sc2nc3ccccc3c(=O)n2C(C)C)c1. The highest BCUT2D eigenvalue weighted by atomic mass is 32.2. The monoisotopic (exact) mass is 397 g/mol. The highest BCUT2D eigenvalue weighted by Crippen LogP contribution is 2.26. The number of aromatic nitrogens is 2. The van der Waals surface area contributed by atoms with Gasteiger partial charge in [-0.3, -0.25) is 14.2 Å². The number of methoxy groups -OCH3 is 1. The number of hydrogen-bond donors (Lipinski definition) is 1. The molecule has 3 aromatic rings. The average Bonchev–Trinajstić information content (AvgIpc) is 2.68. The molecule has 0 saturated heterocycles. The predicted molar refractivity (Wildman–Crippen MR) is 113 cm³/mol. The number of hydrogen-bond acceptors (Lipinski definition) is 5. The molecule has 0 fully saturated rings. The third-order valence-corrected chi connectivity index (χ3v) is 5.35. The second-order valence-electron chi connectivity index (χ2n) is 6.66. The normalized spacial score (nSPS) is 12.2. The number of fused-ring (bicyclic) bond motifs is 1. The van der Waals surface area contributed by atoms with Gasteiger partial charge in [0.15, 0.2) is 5.16 Å². The van der Waals surface area contributed by atoms with E-state index in [1.165, 1.54) is 11.8 Å². The smallest absolute Gasteiger partial charge is 0.262 e. The fourth-order valence-electron chi connectivity index (χ4n) is 2.82. The van der Waals surface area contributed by atoms with Gasteiger partial charge in [0.1, 0.15) is 5.75 Å². The number of amides is 1. The third-order valence-electron chi connectivity index (χ3n) is 4.28. The first-order valence-corrected chi connectivity index (χ1v) is 9.91. The Morgan fingerprint density at radius 2 is 1.89 bits per heavy atom. The first kappa shape index (κ1) is 19.9. The van der Waals surface area contributed by atoms with Crippen LogP contribution in [-0.4, -0.2) is 27.8 Å². The van der Waals surface area contributed by atoms with Gasteiger partial charge in [-0.15, -0.1) is 0 Å². The molecule has 3 rings (SSSR count). The Kier molecular flexibility index (Phi) is 6.04. The molecule has 1 amide bonds. The molecule has 1 N–H and O–H groups in total. The van der Waals surface area contributed by atoms with Crippen molar-refractivity contribution in [3.63, 3.8) is 0 Å². The van der Waals surface area contributed by atoms with Gasteiger partial charge in [0, 0.05) is 17.8 Å². The average molecular weight is 398 g/mol. The van der Waals surface area contributed by atoms with Crippen molar-refractivity contribution in [2.24, 2.45) is 0 Å². The summed E-state index contributed by atoms with van der Waals surface area (Å²) < 4.78 is 6.83. The van der Waals surface area contributed by atoms with Crippen LogP contribution in [-0.2, 0) is 4.79 Å². The van der Waals surface area contributed by atoms with Crippen molar-refractivity contribution >= 4 is 34.3 Å². The number of anilines is 1. The lowest BCUT2D eigenvalue weighted by molar-refractivity contribution is -0.115. The maximum absolute atomic E-state index is 12.9. The Morgan fingerprint density at radius 3 is 2.61 bits per heavy atom. The molecule has 0 radical (unpaired) electrons. The molecule has 0 saturated carbocycles. The molecule has 6 nitrogen and oxygen atoms in total. The molecule has 0 aliphatic rings.